The summed E-state index contributed by atoms with van der Waals surface area (Å²) < 4.78 is 2.08. The molecule has 0 bridgehead atoms. The highest BCUT2D eigenvalue weighted by Crippen LogP contribution is 2.30. The summed E-state index contributed by atoms with van der Waals surface area (Å²) in [6.45, 7) is 7.02. The van der Waals surface area contributed by atoms with Crippen molar-refractivity contribution in [1.29, 1.82) is 0 Å². The molecule has 5 aromatic rings. The summed E-state index contributed by atoms with van der Waals surface area (Å²) in [7, 11) is 0. The highest BCUT2D eigenvalue weighted by Gasteiger charge is 2.24. The Bertz CT molecular complexity index is 1430. The van der Waals surface area contributed by atoms with Gasteiger partial charge in [-0.25, -0.2) is 9.97 Å². The van der Waals surface area contributed by atoms with E-state index in [0.717, 1.165) is 28.3 Å². The molecular formula is C31H29N4+. The number of nitrogens with zero attached hydrogens (tertiary/aromatic N) is 4. The SMILES string of the molecule is Cc1cccc(CN(c2ncc(-c3cc(C)cc(C)c3)nc2-c2ccccc2)[n+]2ccccc2)c1. The van der Waals surface area contributed by atoms with Gasteiger partial charge in [0.05, 0.1) is 11.9 Å². The lowest BCUT2D eigenvalue weighted by Crippen LogP contribution is -2.54. The van der Waals surface area contributed by atoms with Crippen molar-refractivity contribution in [1.82, 2.24) is 9.97 Å². The molecule has 4 nitrogen and oxygen atoms in total. The fourth-order valence-electron chi connectivity index (χ4n) is 4.42. The molecule has 0 unspecified atom stereocenters. The molecule has 5 rings (SSSR count). The Kier molecular flexibility index (Phi) is 6.36. The Labute approximate surface area is 207 Å². The first-order valence-electron chi connectivity index (χ1n) is 11.9. The molecule has 35 heavy (non-hydrogen) atoms. The number of pyridine rings is 1. The van der Waals surface area contributed by atoms with Crippen LogP contribution in [0, 0.1) is 20.8 Å². The number of benzene rings is 3. The van der Waals surface area contributed by atoms with Gasteiger partial charge in [0, 0.05) is 23.3 Å². The van der Waals surface area contributed by atoms with Crippen LogP contribution in [0.1, 0.15) is 22.3 Å². The predicted molar refractivity (Wildman–Crippen MR) is 142 cm³/mol. The summed E-state index contributed by atoms with van der Waals surface area (Å²) in [5.74, 6) is 0.807. The average Bonchev–Trinajstić information content (AvgIpc) is 2.87. The van der Waals surface area contributed by atoms with Gasteiger partial charge in [-0.05, 0) is 38.5 Å². The molecule has 2 heterocycles. The molecule has 0 aliphatic carbocycles. The van der Waals surface area contributed by atoms with Crippen molar-refractivity contribution < 1.29 is 4.68 Å². The molecular weight excluding hydrogens is 428 g/mol. The topological polar surface area (TPSA) is 32.9 Å². The van der Waals surface area contributed by atoms with E-state index in [1.54, 1.807) is 0 Å². The molecule has 0 spiro atoms. The molecule has 0 N–H and O–H groups in total. The van der Waals surface area contributed by atoms with Gasteiger partial charge >= 0.3 is 0 Å². The van der Waals surface area contributed by atoms with E-state index in [-0.39, 0.29) is 0 Å². The smallest absolute Gasteiger partial charge is 0.215 e. The average molecular weight is 458 g/mol. The monoisotopic (exact) mass is 457 g/mol. The third-order valence-corrected chi connectivity index (χ3v) is 5.96. The molecule has 4 heteroatoms. The van der Waals surface area contributed by atoms with E-state index in [9.17, 15) is 0 Å². The lowest BCUT2D eigenvalue weighted by Gasteiger charge is -2.20. The maximum Gasteiger partial charge on any atom is 0.215 e. The highest BCUT2D eigenvalue weighted by atomic mass is 15.6. The van der Waals surface area contributed by atoms with Gasteiger partial charge in [-0.15, -0.1) is 5.01 Å². The number of anilines is 1. The third-order valence-electron chi connectivity index (χ3n) is 5.96. The van der Waals surface area contributed by atoms with E-state index in [0.29, 0.717) is 6.54 Å². The van der Waals surface area contributed by atoms with Gasteiger partial charge in [-0.3, -0.25) is 0 Å². The Morgan fingerprint density at radius 1 is 0.686 bits per heavy atom. The maximum absolute atomic E-state index is 5.18. The fourth-order valence-corrected chi connectivity index (χ4v) is 4.42. The van der Waals surface area contributed by atoms with Crippen molar-refractivity contribution >= 4 is 5.82 Å². The third kappa shape index (κ3) is 5.12. The zero-order chi connectivity index (χ0) is 24.2. The summed E-state index contributed by atoms with van der Waals surface area (Å²) in [4.78, 5) is 10.2. The number of aromatic nitrogens is 3. The number of rotatable bonds is 6. The van der Waals surface area contributed by atoms with Gasteiger partial charge < -0.3 is 0 Å². The second kappa shape index (κ2) is 9.90. The second-order valence-electron chi connectivity index (χ2n) is 8.97. The van der Waals surface area contributed by atoms with E-state index >= 15 is 0 Å². The van der Waals surface area contributed by atoms with Crippen LogP contribution in [-0.2, 0) is 6.54 Å². The zero-order valence-electron chi connectivity index (χ0n) is 20.4. The minimum absolute atomic E-state index is 0.660. The van der Waals surface area contributed by atoms with Gasteiger partial charge in [0.1, 0.15) is 12.2 Å². The molecule has 0 radical (unpaired) electrons. The Morgan fingerprint density at radius 3 is 2.11 bits per heavy atom. The first kappa shape index (κ1) is 22.5. The molecule has 0 saturated heterocycles. The molecule has 0 atom stereocenters. The number of aryl methyl sites for hydroxylation is 3. The molecule has 0 aliphatic rings. The first-order valence-corrected chi connectivity index (χ1v) is 11.9. The van der Waals surface area contributed by atoms with Crippen molar-refractivity contribution in [2.24, 2.45) is 0 Å². The van der Waals surface area contributed by atoms with E-state index in [2.05, 4.69) is 85.1 Å². The molecule has 0 saturated carbocycles. The fraction of sp³-hybridized carbons (Fsp3) is 0.129. The van der Waals surface area contributed by atoms with Gasteiger partial charge in [0.25, 0.3) is 0 Å². The maximum atomic E-state index is 5.18. The number of hydrogen-bond donors (Lipinski definition) is 0. The summed E-state index contributed by atoms with van der Waals surface area (Å²) in [5.41, 5.74) is 8.71. The summed E-state index contributed by atoms with van der Waals surface area (Å²) in [5, 5.41) is 2.18. The van der Waals surface area contributed by atoms with Crippen LogP contribution in [0.15, 0.2) is 110 Å². The normalized spacial score (nSPS) is 10.8. The number of hydrogen-bond acceptors (Lipinski definition) is 3. The summed E-state index contributed by atoms with van der Waals surface area (Å²) >= 11 is 0. The second-order valence-corrected chi connectivity index (χ2v) is 8.97. The van der Waals surface area contributed by atoms with Crippen LogP contribution in [0.2, 0.25) is 0 Å². The molecule has 0 aliphatic heterocycles. The Balaban J connectivity index is 1.69. The van der Waals surface area contributed by atoms with Crippen LogP contribution >= 0.6 is 0 Å². The molecule has 0 amide bonds. The van der Waals surface area contributed by atoms with Crippen LogP contribution in [0.3, 0.4) is 0 Å². The van der Waals surface area contributed by atoms with E-state index in [1.165, 1.54) is 22.3 Å². The van der Waals surface area contributed by atoms with Crippen molar-refractivity contribution in [3.8, 4) is 22.5 Å². The minimum atomic E-state index is 0.660. The standard InChI is InChI=1S/C31H29N4/c1-23-11-10-12-26(18-23)22-35(34-15-8-5-9-16-34)31-30(27-13-6-4-7-14-27)33-29(21-32-31)28-19-24(2)17-25(3)20-28/h4-21H,22H2,1-3H3/q+1. The molecule has 0 fully saturated rings. The van der Waals surface area contributed by atoms with Gasteiger partial charge in [-0.2, -0.15) is 0 Å². The minimum Gasteiger partial charge on any atom is -0.242 e. The summed E-state index contributed by atoms with van der Waals surface area (Å²) in [6.07, 6.45) is 5.98. The van der Waals surface area contributed by atoms with Crippen molar-refractivity contribution in [2.75, 3.05) is 5.01 Å². The van der Waals surface area contributed by atoms with Crippen LogP contribution in [0.25, 0.3) is 22.5 Å². The first-order chi connectivity index (χ1) is 17.1. The van der Waals surface area contributed by atoms with Crippen LogP contribution in [0.5, 0.6) is 0 Å². The quantitative estimate of drug-likeness (QED) is 0.273. The van der Waals surface area contributed by atoms with Gasteiger partial charge in [0.2, 0.25) is 5.82 Å². The largest absolute Gasteiger partial charge is 0.242 e. The van der Waals surface area contributed by atoms with Crippen molar-refractivity contribution in [2.45, 2.75) is 27.3 Å². The van der Waals surface area contributed by atoms with E-state index in [4.69, 9.17) is 9.97 Å². The van der Waals surface area contributed by atoms with Gasteiger partial charge in [-0.1, -0.05) is 88.1 Å². The summed E-state index contributed by atoms with van der Waals surface area (Å²) in [6, 6.07) is 31.5. The van der Waals surface area contributed by atoms with Crippen molar-refractivity contribution in [3.63, 3.8) is 0 Å². The predicted octanol–water partition coefficient (Wildman–Crippen LogP) is 6.49. The van der Waals surface area contributed by atoms with E-state index < -0.39 is 0 Å². The lowest BCUT2D eigenvalue weighted by atomic mass is 10.0. The Morgan fingerprint density at radius 2 is 1.40 bits per heavy atom. The van der Waals surface area contributed by atoms with Gasteiger partial charge in [0.15, 0.2) is 12.4 Å². The Hall–Kier alpha value is -4.31. The molecule has 3 aromatic carbocycles. The van der Waals surface area contributed by atoms with Crippen molar-refractivity contribution in [3.05, 3.63) is 132 Å². The van der Waals surface area contributed by atoms with Crippen LogP contribution in [0.4, 0.5) is 5.82 Å². The highest BCUT2D eigenvalue weighted by molar-refractivity contribution is 5.74. The molecule has 172 valence electrons. The lowest BCUT2D eigenvalue weighted by molar-refractivity contribution is -0.686. The zero-order valence-corrected chi connectivity index (χ0v) is 20.4. The van der Waals surface area contributed by atoms with Crippen LogP contribution < -0.4 is 9.69 Å². The van der Waals surface area contributed by atoms with Crippen LogP contribution in [-0.4, -0.2) is 9.97 Å². The van der Waals surface area contributed by atoms with E-state index in [1.807, 2.05) is 55.0 Å². The molecule has 2 aromatic heterocycles.